The summed E-state index contributed by atoms with van der Waals surface area (Å²) in [6.07, 6.45) is 10.3. The molecule has 1 N–H and O–H groups in total. The van der Waals surface area contributed by atoms with Crippen molar-refractivity contribution in [2.24, 2.45) is 17.8 Å². The molecule has 1 heteroatoms. The van der Waals surface area contributed by atoms with Gasteiger partial charge in [-0.25, -0.2) is 0 Å². The molecule has 80 valence electrons. The molecule has 14 heavy (non-hydrogen) atoms. The molecule has 0 saturated heterocycles. The fourth-order valence-corrected chi connectivity index (χ4v) is 4.06. The SMILES string of the molecule is CCC1CCCC1NC1C2CCCC21. The molecule has 0 spiro atoms. The van der Waals surface area contributed by atoms with E-state index < -0.39 is 0 Å². The Balaban J connectivity index is 1.53. The zero-order valence-corrected chi connectivity index (χ0v) is 9.34. The smallest absolute Gasteiger partial charge is 0.0133 e. The Labute approximate surface area is 87.7 Å². The zero-order chi connectivity index (χ0) is 9.54. The van der Waals surface area contributed by atoms with Gasteiger partial charge in [0.2, 0.25) is 0 Å². The molecule has 3 aliphatic rings. The zero-order valence-electron chi connectivity index (χ0n) is 9.34. The van der Waals surface area contributed by atoms with Gasteiger partial charge in [-0.15, -0.1) is 0 Å². The fourth-order valence-electron chi connectivity index (χ4n) is 4.06. The van der Waals surface area contributed by atoms with E-state index >= 15 is 0 Å². The molecule has 0 heterocycles. The predicted molar refractivity (Wildman–Crippen MR) is 59.2 cm³/mol. The highest BCUT2D eigenvalue weighted by Crippen LogP contribution is 2.52. The minimum atomic E-state index is 0.885. The molecule has 0 aromatic heterocycles. The van der Waals surface area contributed by atoms with E-state index in [0.29, 0.717) is 0 Å². The van der Waals surface area contributed by atoms with Crippen molar-refractivity contribution in [3.05, 3.63) is 0 Å². The van der Waals surface area contributed by atoms with Crippen molar-refractivity contribution < 1.29 is 0 Å². The van der Waals surface area contributed by atoms with Crippen LogP contribution >= 0.6 is 0 Å². The van der Waals surface area contributed by atoms with E-state index in [2.05, 4.69) is 12.2 Å². The van der Waals surface area contributed by atoms with Crippen LogP contribution in [0.1, 0.15) is 51.9 Å². The van der Waals surface area contributed by atoms with Gasteiger partial charge in [-0.1, -0.05) is 26.2 Å². The third-order valence-electron chi connectivity index (χ3n) is 5.00. The summed E-state index contributed by atoms with van der Waals surface area (Å²) in [5.41, 5.74) is 0. The summed E-state index contributed by atoms with van der Waals surface area (Å²) in [7, 11) is 0. The fraction of sp³-hybridized carbons (Fsp3) is 1.00. The van der Waals surface area contributed by atoms with Crippen LogP contribution in [0.15, 0.2) is 0 Å². The lowest BCUT2D eigenvalue weighted by molar-refractivity contribution is 0.369. The molecule has 0 radical (unpaired) electrons. The topological polar surface area (TPSA) is 12.0 Å². The van der Waals surface area contributed by atoms with Crippen molar-refractivity contribution >= 4 is 0 Å². The molecule has 0 aliphatic heterocycles. The number of hydrogen-bond donors (Lipinski definition) is 1. The quantitative estimate of drug-likeness (QED) is 0.726. The third-order valence-corrected chi connectivity index (χ3v) is 5.00. The Morgan fingerprint density at radius 3 is 2.43 bits per heavy atom. The molecule has 4 atom stereocenters. The molecule has 4 unspecified atom stereocenters. The van der Waals surface area contributed by atoms with Crippen LogP contribution in [0, 0.1) is 17.8 Å². The summed E-state index contributed by atoms with van der Waals surface area (Å²) in [6, 6.07) is 1.83. The summed E-state index contributed by atoms with van der Waals surface area (Å²) < 4.78 is 0. The largest absolute Gasteiger partial charge is 0.310 e. The summed E-state index contributed by atoms with van der Waals surface area (Å²) in [6.45, 7) is 2.36. The Kier molecular flexibility index (Phi) is 2.31. The van der Waals surface area contributed by atoms with Gasteiger partial charge in [0.1, 0.15) is 0 Å². The Hall–Kier alpha value is -0.0400. The molecular weight excluding hydrogens is 170 g/mol. The number of rotatable bonds is 3. The highest BCUT2D eigenvalue weighted by molar-refractivity contribution is 5.08. The van der Waals surface area contributed by atoms with E-state index in [1.54, 1.807) is 0 Å². The summed E-state index contributed by atoms with van der Waals surface area (Å²) in [4.78, 5) is 0. The highest BCUT2D eigenvalue weighted by Gasteiger charge is 2.53. The summed E-state index contributed by atoms with van der Waals surface area (Å²) in [5.74, 6) is 3.18. The van der Waals surface area contributed by atoms with Gasteiger partial charge in [0, 0.05) is 12.1 Å². The second-order valence-corrected chi connectivity index (χ2v) is 5.66. The second-order valence-electron chi connectivity index (χ2n) is 5.66. The normalized spacial score (nSPS) is 50.8. The van der Waals surface area contributed by atoms with Crippen LogP contribution in [0.4, 0.5) is 0 Å². The van der Waals surface area contributed by atoms with Crippen molar-refractivity contribution in [2.45, 2.75) is 64.0 Å². The van der Waals surface area contributed by atoms with E-state index in [4.69, 9.17) is 0 Å². The van der Waals surface area contributed by atoms with Gasteiger partial charge in [0.25, 0.3) is 0 Å². The van der Waals surface area contributed by atoms with E-state index in [1.807, 2.05) is 0 Å². The van der Waals surface area contributed by atoms with Gasteiger partial charge in [0.15, 0.2) is 0 Å². The first-order valence-electron chi connectivity index (χ1n) is 6.66. The van der Waals surface area contributed by atoms with E-state index in [0.717, 1.165) is 29.8 Å². The van der Waals surface area contributed by atoms with E-state index in [9.17, 15) is 0 Å². The Morgan fingerprint density at radius 2 is 1.71 bits per heavy atom. The molecule has 3 saturated carbocycles. The molecule has 0 bridgehead atoms. The van der Waals surface area contributed by atoms with Crippen molar-refractivity contribution in [3.8, 4) is 0 Å². The molecule has 0 amide bonds. The highest BCUT2D eigenvalue weighted by atomic mass is 15.0. The van der Waals surface area contributed by atoms with Crippen LogP contribution in [0.5, 0.6) is 0 Å². The average molecular weight is 193 g/mol. The van der Waals surface area contributed by atoms with Gasteiger partial charge in [-0.3, -0.25) is 0 Å². The predicted octanol–water partition coefficient (Wildman–Crippen LogP) is 2.95. The monoisotopic (exact) mass is 193 g/mol. The first kappa shape index (κ1) is 9.21. The Morgan fingerprint density at radius 1 is 1.00 bits per heavy atom. The number of hydrogen-bond acceptors (Lipinski definition) is 1. The lowest BCUT2D eigenvalue weighted by Gasteiger charge is -2.20. The van der Waals surface area contributed by atoms with Crippen LogP contribution in [0.3, 0.4) is 0 Å². The van der Waals surface area contributed by atoms with Gasteiger partial charge in [-0.2, -0.15) is 0 Å². The first-order chi connectivity index (χ1) is 6.90. The van der Waals surface area contributed by atoms with E-state index in [1.165, 1.54) is 44.9 Å². The summed E-state index contributed by atoms with van der Waals surface area (Å²) >= 11 is 0. The van der Waals surface area contributed by atoms with Gasteiger partial charge >= 0.3 is 0 Å². The lowest BCUT2D eigenvalue weighted by atomic mass is 10.0. The van der Waals surface area contributed by atoms with Crippen LogP contribution in [0.2, 0.25) is 0 Å². The van der Waals surface area contributed by atoms with Gasteiger partial charge < -0.3 is 5.32 Å². The molecule has 0 aromatic rings. The minimum absolute atomic E-state index is 0.885. The summed E-state index contributed by atoms with van der Waals surface area (Å²) in [5, 5.41) is 3.96. The van der Waals surface area contributed by atoms with Crippen LogP contribution in [-0.2, 0) is 0 Å². The maximum Gasteiger partial charge on any atom is 0.0133 e. The molecule has 1 nitrogen and oxygen atoms in total. The van der Waals surface area contributed by atoms with Crippen LogP contribution in [-0.4, -0.2) is 12.1 Å². The number of nitrogens with one attached hydrogen (secondary N) is 1. The standard InChI is InChI=1S/C13H23N/c1-2-9-5-3-8-12(9)14-13-10-6-4-7-11(10)13/h9-14H,2-8H2,1H3. The van der Waals surface area contributed by atoms with Crippen molar-refractivity contribution in [1.82, 2.24) is 5.32 Å². The molecule has 0 aromatic carbocycles. The van der Waals surface area contributed by atoms with Crippen LogP contribution in [0.25, 0.3) is 0 Å². The first-order valence-corrected chi connectivity index (χ1v) is 6.66. The Bertz CT molecular complexity index is 203. The van der Waals surface area contributed by atoms with Gasteiger partial charge in [0.05, 0.1) is 0 Å². The van der Waals surface area contributed by atoms with Crippen molar-refractivity contribution in [2.75, 3.05) is 0 Å². The van der Waals surface area contributed by atoms with Gasteiger partial charge in [-0.05, 0) is 43.4 Å². The second kappa shape index (κ2) is 3.52. The van der Waals surface area contributed by atoms with Crippen molar-refractivity contribution in [3.63, 3.8) is 0 Å². The third kappa shape index (κ3) is 1.41. The number of fused-ring (bicyclic) bond motifs is 1. The van der Waals surface area contributed by atoms with Crippen LogP contribution < -0.4 is 5.32 Å². The minimum Gasteiger partial charge on any atom is -0.310 e. The molecular formula is C13H23N. The van der Waals surface area contributed by atoms with E-state index in [-0.39, 0.29) is 0 Å². The molecule has 3 fully saturated rings. The maximum absolute atomic E-state index is 3.96. The maximum atomic E-state index is 3.96. The molecule has 3 rings (SSSR count). The van der Waals surface area contributed by atoms with Crippen molar-refractivity contribution in [1.29, 1.82) is 0 Å². The lowest BCUT2D eigenvalue weighted by Crippen LogP contribution is -2.35. The average Bonchev–Trinajstić information content (AvgIpc) is 2.62. The molecule has 3 aliphatic carbocycles.